The summed E-state index contributed by atoms with van der Waals surface area (Å²) in [5.74, 6) is 0.0138. The van der Waals surface area contributed by atoms with Gasteiger partial charge in [-0.05, 0) is 6.92 Å². The Morgan fingerprint density at radius 3 is 2.79 bits per heavy atom. The lowest BCUT2D eigenvalue weighted by atomic mass is 10.2. The van der Waals surface area contributed by atoms with Crippen LogP contribution in [0.25, 0.3) is 0 Å². The molecule has 0 aromatic carbocycles. The number of nitrogens with zero attached hydrogens (tertiary/aromatic N) is 5. The molecule has 2 heterocycles. The van der Waals surface area contributed by atoms with Crippen LogP contribution >= 0.6 is 0 Å². The van der Waals surface area contributed by atoms with Crippen molar-refractivity contribution in [1.29, 1.82) is 0 Å². The van der Waals surface area contributed by atoms with E-state index in [1.807, 2.05) is 32.1 Å². The van der Waals surface area contributed by atoms with Crippen molar-refractivity contribution in [3.05, 3.63) is 35.5 Å². The molecule has 0 atom stereocenters. The fourth-order valence-electron chi connectivity index (χ4n) is 1.80. The molecule has 0 fully saturated rings. The van der Waals surface area contributed by atoms with E-state index in [2.05, 4.69) is 15.1 Å². The second-order valence-electron chi connectivity index (χ2n) is 4.40. The highest BCUT2D eigenvalue weighted by Crippen LogP contribution is 2.13. The lowest BCUT2D eigenvalue weighted by Gasteiger charge is -2.17. The number of anilines is 1. The lowest BCUT2D eigenvalue weighted by Crippen LogP contribution is -2.21. The second-order valence-corrected chi connectivity index (χ2v) is 4.40. The molecule has 7 heteroatoms. The molecule has 0 saturated heterocycles. The Labute approximate surface area is 111 Å². The first kappa shape index (κ1) is 13.0. The van der Waals surface area contributed by atoms with E-state index in [0.29, 0.717) is 12.4 Å². The minimum atomic E-state index is -0.583. The van der Waals surface area contributed by atoms with Crippen molar-refractivity contribution < 1.29 is 4.79 Å². The van der Waals surface area contributed by atoms with E-state index in [0.717, 1.165) is 11.3 Å². The summed E-state index contributed by atoms with van der Waals surface area (Å²) in [5, 5.41) is 4.28. The summed E-state index contributed by atoms with van der Waals surface area (Å²) in [6.07, 6.45) is 4.91. The van der Waals surface area contributed by atoms with Gasteiger partial charge in [0.05, 0.1) is 18.1 Å². The Bertz CT molecular complexity index is 606. The van der Waals surface area contributed by atoms with Crippen LogP contribution in [0.5, 0.6) is 0 Å². The highest BCUT2D eigenvalue weighted by molar-refractivity contribution is 5.90. The summed E-state index contributed by atoms with van der Waals surface area (Å²) in [6.45, 7) is 2.59. The Balaban J connectivity index is 2.20. The van der Waals surface area contributed by atoms with Gasteiger partial charge < -0.3 is 10.6 Å². The van der Waals surface area contributed by atoms with E-state index in [4.69, 9.17) is 5.73 Å². The van der Waals surface area contributed by atoms with Crippen molar-refractivity contribution in [1.82, 2.24) is 19.7 Å². The summed E-state index contributed by atoms with van der Waals surface area (Å²) in [4.78, 5) is 21.1. The molecule has 0 aliphatic rings. The largest absolute Gasteiger partial charge is 0.364 e. The number of hydrogen-bond acceptors (Lipinski definition) is 5. The number of primary amides is 1. The minimum absolute atomic E-state index is 0.159. The smallest absolute Gasteiger partial charge is 0.268 e. The number of rotatable bonds is 4. The first-order chi connectivity index (χ1) is 8.97. The van der Waals surface area contributed by atoms with E-state index in [1.165, 1.54) is 6.20 Å². The van der Waals surface area contributed by atoms with Crippen LogP contribution < -0.4 is 10.6 Å². The predicted molar refractivity (Wildman–Crippen MR) is 70.6 cm³/mol. The molecule has 0 unspecified atom stereocenters. The molecular weight excluding hydrogens is 244 g/mol. The molecule has 2 aromatic heterocycles. The summed E-state index contributed by atoms with van der Waals surface area (Å²) < 4.78 is 1.77. The van der Waals surface area contributed by atoms with Crippen molar-refractivity contribution >= 4 is 11.7 Å². The van der Waals surface area contributed by atoms with Gasteiger partial charge in [-0.25, -0.2) is 4.98 Å². The van der Waals surface area contributed by atoms with Gasteiger partial charge in [0.15, 0.2) is 0 Å². The quantitative estimate of drug-likeness (QED) is 0.851. The van der Waals surface area contributed by atoms with Gasteiger partial charge in [0.25, 0.3) is 5.91 Å². The average Bonchev–Trinajstić information content (AvgIpc) is 2.68. The summed E-state index contributed by atoms with van der Waals surface area (Å²) >= 11 is 0. The number of carbonyl (C=O) groups is 1. The predicted octanol–water partition coefficient (Wildman–Crippen LogP) is 0.254. The summed E-state index contributed by atoms with van der Waals surface area (Å²) in [5.41, 5.74) is 7.41. The maximum Gasteiger partial charge on any atom is 0.268 e. The SMILES string of the molecule is Cc1nn(C)cc1CN(C)c1cncc(C(N)=O)n1. The molecule has 2 N–H and O–H groups in total. The van der Waals surface area contributed by atoms with Crippen molar-refractivity contribution in [3.8, 4) is 0 Å². The third kappa shape index (κ3) is 2.87. The average molecular weight is 260 g/mol. The zero-order valence-electron chi connectivity index (χ0n) is 11.2. The van der Waals surface area contributed by atoms with Crippen molar-refractivity contribution in [2.45, 2.75) is 13.5 Å². The number of aromatic nitrogens is 4. The van der Waals surface area contributed by atoms with Crippen LogP contribution in [0.1, 0.15) is 21.7 Å². The third-order valence-electron chi connectivity index (χ3n) is 2.79. The van der Waals surface area contributed by atoms with Gasteiger partial charge in [-0.1, -0.05) is 0 Å². The zero-order chi connectivity index (χ0) is 14.0. The molecule has 0 bridgehead atoms. The number of hydrogen-bond donors (Lipinski definition) is 1. The maximum atomic E-state index is 11.1. The van der Waals surface area contributed by atoms with Gasteiger partial charge in [-0.3, -0.25) is 14.5 Å². The van der Waals surface area contributed by atoms with Gasteiger partial charge in [0.2, 0.25) is 0 Å². The van der Waals surface area contributed by atoms with Gasteiger partial charge in [-0.15, -0.1) is 0 Å². The molecule has 1 amide bonds. The molecule has 0 aliphatic heterocycles. The van der Waals surface area contributed by atoms with E-state index in [-0.39, 0.29) is 5.69 Å². The standard InChI is InChI=1S/C12H16N6O/c1-8-9(7-18(3)16-8)6-17(2)11-5-14-4-10(15-11)12(13)19/h4-5,7H,6H2,1-3H3,(H2,13,19). The molecule has 0 aliphatic carbocycles. The van der Waals surface area contributed by atoms with Crippen LogP contribution in [-0.2, 0) is 13.6 Å². The van der Waals surface area contributed by atoms with Gasteiger partial charge in [0, 0.05) is 32.4 Å². The molecule has 2 aromatic rings. The molecule has 0 saturated carbocycles. The number of carbonyl (C=O) groups excluding carboxylic acids is 1. The zero-order valence-corrected chi connectivity index (χ0v) is 11.2. The molecular formula is C12H16N6O. The highest BCUT2D eigenvalue weighted by atomic mass is 16.1. The van der Waals surface area contributed by atoms with Crippen LogP contribution in [0, 0.1) is 6.92 Å². The molecule has 0 radical (unpaired) electrons. The lowest BCUT2D eigenvalue weighted by molar-refractivity contribution is 0.0995. The van der Waals surface area contributed by atoms with E-state index in [9.17, 15) is 4.79 Å². The summed E-state index contributed by atoms with van der Waals surface area (Å²) in [7, 11) is 3.76. The highest BCUT2D eigenvalue weighted by Gasteiger charge is 2.11. The first-order valence-electron chi connectivity index (χ1n) is 5.79. The fraction of sp³-hybridized carbons (Fsp3) is 0.333. The van der Waals surface area contributed by atoms with Crippen LogP contribution in [-0.4, -0.2) is 32.7 Å². The van der Waals surface area contributed by atoms with Gasteiger partial charge >= 0.3 is 0 Å². The fourth-order valence-corrected chi connectivity index (χ4v) is 1.80. The van der Waals surface area contributed by atoms with E-state index >= 15 is 0 Å². The summed E-state index contributed by atoms with van der Waals surface area (Å²) in [6, 6.07) is 0. The van der Waals surface area contributed by atoms with Gasteiger partial charge in [0.1, 0.15) is 11.5 Å². The van der Waals surface area contributed by atoms with E-state index < -0.39 is 5.91 Å². The third-order valence-corrected chi connectivity index (χ3v) is 2.79. The minimum Gasteiger partial charge on any atom is -0.364 e. The molecule has 0 spiro atoms. The van der Waals surface area contributed by atoms with Crippen LogP contribution in [0.3, 0.4) is 0 Å². The molecule has 7 nitrogen and oxygen atoms in total. The molecule has 2 rings (SSSR count). The number of amides is 1. The Hall–Kier alpha value is -2.44. The number of nitrogens with two attached hydrogens (primary N) is 1. The second kappa shape index (κ2) is 5.05. The Morgan fingerprint density at radius 2 is 2.21 bits per heavy atom. The van der Waals surface area contributed by atoms with Crippen molar-refractivity contribution in [3.63, 3.8) is 0 Å². The van der Waals surface area contributed by atoms with Crippen molar-refractivity contribution in [2.75, 3.05) is 11.9 Å². The van der Waals surface area contributed by atoms with E-state index in [1.54, 1.807) is 10.9 Å². The van der Waals surface area contributed by atoms with Crippen LogP contribution in [0.15, 0.2) is 18.6 Å². The molecule has 100 valence electrons. The van der Waals surface area contributed by atoms with Crippen molar-refractivity contribution in [2.24, 2.45) is 12.8 Å². The Kier molecular flexibility index (Phi) is 3.46. The van der Waals surface area contributed by atoms with Crippen LogP contribution in [0.2, 0.25) is 0 Å². The molecule has 19 heavy (non-hydrogen) atoms. The van der Waals surface area contributed by atoms with Crippen LogP contribution in [0.4, 0.5) is 5.82 Å². The first-order valence-corrected chi connectivity index (χ1v) is 5.79. The normalized spacial score (nSPS) is 10.5. The number of aryl methyl sites for hydroxylation is 2. The van der Waals surface area contributed by atoms with Gasteiger partial charge in [-0.2, -0.15) is 5.10 Å². The maximum absolute atomic E-state index is 11.1. The monoisotopic (exact) mass is 260 g/mol. The topological polar surface area (TPSA) is 89.9 Å². The Morgan fingerprint density at radius 1 is 1.47 bits per heavy atom.